The van der Waals surface area contributed by atoms with Crippen molar-refractivity contribution in [3.05, 3.63) is 70.5 Å². The molecule has 0 aliphatic rings. The Balaban J connectivity index is 1.65. The molecule has 2 aromatic carbocycles. The zero-order valence-corrected chi connectivity index (χ0v) is 16.5. The molecule has 0 aliphatic heterocycles. The van der Waals surface area contributed by atoms with E-state index in [4.69, 9.17) is 35.4 Å². The standard InChI is InChI=1S/C18H14Cl2F2N4OS/c19-13-4-3-5-14(20)12(13)10-26-9-11(8-23-26)24-18(28)25-15-6-1-2-7-16(15)27-17(21)22/h1-9,17H,10H2,(H2,24,25,28). The van der Waals surface area contributed by atoms with Gasteiger partial charge < -0.3 is 15.4 Å². The topological polar surface area (TPSA) is 51.1 Å². The number of aromatic nitrogens is 2. The minimum Gasteiger partial charge on any atom is -0.433 e. The molecule has 0 saturated carbocycles. The maximum absolute atomic E-state index is 12.5. The fraction of sp³-hybridized carbons (Fsp3) is 0.111. The predicted molar refractivity (Wildman–Crippen MR) is 111 cm³/mol. The molecule has 2 N–H and O–H groups in total. The van der Waals surface area contributed by atoms with Gasteiger partial charge >= 0.3 is 6.61 Å². The molecule has 146 valence electrons. The van der Waals surface area contributed by atoms with Gasteiger partial charge in [-0.2, -0.15) is 13.9 Å². The van der Waals surface area contributed by atoms with Gasteiger partial charge in [-0.3, -0.25) is 4.68 Å². The summed E-state index contributed by atoms with van der Waals surface area (Å²) < 4.78 is 31.1. The number of thiocarbonyl (C=S) groups is 1. The van der Waals surface area contributed by atoms with Crippen LogP contribution in [0.25, 0.3) is 0 Å². The summed E-state index contributed by atoms with van der Waals surface area (Å²) in [6, 6.07) is 11.5. The highest BCUT2D eigenvalue weighted by atomic mass is 35.5. The number of benzene rings is 2. The number of alkyl halides is 2. The van der Waals surface area contributed by atoms with E-state index in [9.17, 15) is 8.78 Å². The summed E-state index contributed by atoms with van der Waals surface area (Å²) in [6.45, 7) is -2.55. The highest BCUT2D eigenvalue weighted by molar-refractivity contribution is 7.80. The van der Waals surface area contributed by atoms with E-state index in [2.05, 4.69) is 20.5 Å². The largest absolute Gasteiger partial charge is 0.433 e. The summed E-state index contributed by atoms with van der Waals surface area (Å²) in [7, 11) is 0. The van der Waals surface area contributed by atoms with Crippen LogP contribution in [0.3, 0.4) is 0 Å². The maximum atomic E-state index is 12.5. The van der Waals surface area contributed by atoms with Crippen molar-refractivity contribution in [2.45, 2.75) is 13.2 Å². The van der Waals surface area contributed by atoms with Crippen molar-refractivity contribution >= 4 is 51.9 Å². The highest BCUT2D eigenvalue weighted by Gasteiger charge is 2.11. The molecule has 28 heavy (non-hydrogen) atoms. The Morgan fingerprint density at radius 3 is 2.54 bits per heavy atom. The van der Waals surface area contributed by atoms with E-state index in [1.165, 1.54) is 6.07 Å². The third-order valence-electron chi connectivity index (χ3n) is 3.62. The molecule has 0 saturated heterocycles. The molecular weight excluding hydrogens is 429 g/mol. The normalized spacial score (nSPS) is 10.8. The molecule has 3 aromatic rings. The van der Waals surface area contributed by atoms with Gasteiger partial charge in [0.15, 0.2) is 5.11 Å². The van der Waals surface area contributed by atoms with Crippen LogP contribution < -0.4 is 15.4 Å². The molecule has 0 fully saturated rings. The quantitative estimate of drug-likeness (QED) is 0.483. The lowest BCUT2D eigenvalue weighted by atomic mass is 10.2. The lowest BCUT2D eigenvalue weighted by Gasteiger charge is -2.13. The smallest absolute Gasteiger partial charge is 0.387 e. The summed E-state index contributed by atoms with van der Waals surface area (Å²) in [6.07, 6.45) is 3.29. The molecule has 0 radical (unpaired) electrons. The molecule has 0 unspecified atom stereocenters. The van der Waals surface area contributed by atoms with Crippen molar-refractivity contribution in [1.29, 1.82) is 0 Å². The summed E-state index contributed by atoms with van der Waals surface area (Å²) in [5, 5.41) is 11.3. The van der Waals surface area contributed by atoms with Gasteiger partial charge in [-0.15, -0.1) is 0 Å². The lowest BCUT2D eigenvalue weighted by Crippen LogP contribution is -2.19. The van der Waals surface area contributed by atoms with Crippen molar-refractivity contribution in [1.82, 2.24) is 9.78 Å². The van der Waals surface area contributed by atoms with E-state index in [0.29, 0.717) is 28.0 Å². The first kappa shape index (κ1) is 20.3. The van der Waals surface area contributed by atoms with Gasteiger partial charge in [-0.1, -0.05) is 41.4 Å². The number of rotatable bonds is 6. The van der Waals surface area contributed by atoms with Gasteiger partial charge in [0.25, 0.3) is 0 Å². The van der Waals surface area contributed by atoms with Crippen molar-refractivity contribution in [2.24, 2.45) is 0 Å². The SMILES string of the molecule is FC(F)Oc1ccccc1NC(=S)Nc1cnn(Cc2c(Cl)cccc2Cl)c1. The second kappa shape index (κ2) is 9.18. The Morgan fingerprint density at radius 2 is 1.82 bits per heavy atom. The molecule has 1 heterocycles. The number of halogens is 4. The molecule has 0 atom stereocenters. The zero-order chi connectivity index (χ0) is 20.1. The molecule has 0 bridgehead atoms. The van der Waals surface area contributed by atoms with Crippen molar-refractivity contribution in [2.75, 3.05) is 10.6 Å². The molecule has 1 aromatic heterocycles. The Morgan fingerprint density at radius 1 is 1.11 bits per heavy atom. The van der Waals surface area contributed by atoms with Crippen LogP contribution in [0.5, 0.6) is 5.75 Å². The van der Waals surface area contributed by atoms with Gasteiger partial charge in [0, 0.05) is 21.8 Å². The lowest BCUT2D eigenvalue weighted by molar-refractivity contribution is -0.0493. The van der Waals surface area contributed by atoms with Crippen LogP contribution in [0.1, 0.15) is 5.56 Å². The maximum Gasteiger partial charge on any atom is 0.387 e. The number of anilines is 2. The van der Waals surface area contributed by atoms with Crippen LogP contribution in [-0.2, 0) is 6.54 Å². The van der Waals surface area contributed by atoms with E-state index in [0.717, 1.165) is 5.56 Å². The Bertz CT molecular complexity index is 963. The number of hydrogen-bond donors (Lipinski definition) is 2. The number of nitrogens with one attached hydrogen (secondary N) is 2. The van der Waals surface area contributed by atoms with Gasteiger partial charge in [0.05, 0.1) is 24.1 Å². The average molecular weight is 443 g/mol. The van der Waals surface area contributed by atoms with Crippen molar-refractivity contribution in [3.63, 3.8) is 0 Å². The fourth-order valence-electron chi connectivity index (χ4n) is 2.41. The van der Waals surface area contributed by atoms with Crippen LogP contribution in [0, 0.1) is 0 Å². The van der Waals surface area contributed by atoms with Crippen molar-refractivity contribution in [3.8, 4) is 5.75 Å². The van der Waals surface area contributed by atoms with Crippen molar-refractivity contribution < 1.29 is 13.5 Å². The summed E-state index contributed by atoms with van der Waals surface area (Å²) >= 11 is 17.6. The van der Waals surface area contributed by atoms with Gasteiger partial charge in [0.2, 0.25) is 0 Å². The second-order valence-electron chi connectivity index (χ2n) is 5.58. The molecule has 0 amide bonds. The van der Waals surface area contributed by atoms with Gasteiger partial charge in [-0.05, 0) is 36.5 Å². The highest BCUT2D eigenvalue weighted by Crippen LogP contribution is 2.26. The van der Waals surface area contributed by atoms with Crippen LogP contribution in [0.2, 0.25) is 10.0 Å². The number of para-hydroxylation sites is 2. The Labute approximate surface area is 175 Å². The van der Waals surface area contributed by atoms with Gasteiger partial charge in [0.1, 0.15) is 5.75 Å². The zero-order valence-electron chi connectivity index (χ0n) is 14.2. The second-order valence-corrected chi connectivity index (χ2v) is 6.80. The van der Waals surface area contributed by atoms with E-state index in [1.807, 2.05) is 0 Å². The first-order chi connectivity index (χ1) is 13.4. The average Bonchev–Trinajstić information content (AvgIpc) is 3.06. The molecule has 5 nitrogen and oxygen atoms in total. The number of ether oxygens (including phenoxy) is 1. The van der Waals surface area contributed by atoms with Crippen LogP contribution in [0.4, 0.5) is 20.2 Å². The van der Waals surface area contributed by atoms with E-state index < -0.39 is 6.61 Å². The summed E-state index contributed by atoms with van der Waals surface area (Å²) in [5.74, 6) is -0.00861. The number of hydrogen-bond acceptors (Lipinski definition) is 3. The fourth-order valence-corrected chi connectivity index (χ4v) is 3.16. The van der Waals surface area contributed by atoms with E-state index in [-0.39, 0.29) is 10.9 Å². The molecular formula is C18H14Cl2F2N4OS. The Kier molecular flexibility index (Phi) is 6.66. The van der Waals surface area contributed by atoms with Gasteiger partial charge in [-0.25, -0.2) is 0 Å². The molecule has 0 spiro atoms. The number of nitrogens with zero attached hydrogens (tertiary/aromatic N) is 2. The minimum atomic E-state index is -2.93. The Hall–Kier alpha value is -2.42. The molecule has 0 aliphatic carbocycles. The third kappa shape index (κ3) is 5.31. The summed E-state index contributed by atoms with van der Waals surface area (Å²) in [4.78, 5) is 0. The third-order valence-corrected chi connectivity index (χ3v) is 4.54. The predicted octanol–water partition coefficient (Wildman–Crippen LogP) is 5.65. The monoisotopic (exact) mass is 442 g/mol. The summed E-state index contributed by atoms with van der Waals surface area (Å²) in [5.41, 5.74) is 1.67. The van der Waals surface area contributed by atoms with E-state index in [1.54, 1.807) is 53.5 Å². The van der Waals surface area contributed by atoms with Crippen LogP contribution in [-0.4, -0.2) is 21.5 Å². The molecule has 10 heteroatoms. The van der Waals surface area contributed by atoms with Crippen LogP contribution >= 0.6 is 35.4 Å². The van der Waals surface area contributed by atoms with Crippen LogP contribution in [0.15, 0.2) is 54.9 Å². The first-order valence-electron chi connectivity index (χ1n) is 7.99. The first-order valence-corrected chi connectivity index (χ1v) is 9.16. The minimum absolute atomic E-state index is 0.00861. The van der Waals surface area contributed by atoms with E-state index >= 15 is 0 Å². The molecule has 3 rings (SSSR count).